The average Bonchev–Trinajstić information content (AvgIpc) is 2.17. The van der Waals surface area contributed by atoms with Gasteiger partial charge >= 0.3 is 0 Å². The highest BCUT2D eigenvalue weighted by Gasteiger charge is 2.31. The number of carbonyl (C=O) groups excluding carboxylic acids is 1. The van der Waals surface area contributed by atoms with E-state index in [1.54, 1.807) is 0 Å². The van der Waals surface area contributed by atoms with Crippen LogP contribution in [0.3, 0.4) is 0 Å². The lowest BCUT2D eigenvalue weighted by atomic mass is 9.99. The molecule has 76 valence electrons. The third-order valence-electron chi connectivity index (χ3n) is 1.95. The first-order valence-electron chi connectivity index (χ1n) is 3.98. The number of allylic oxidation sites excluding steroid dienone is 2. The Kier molecular flexibility index (Phi) is 2.95. The van der Waals surface area contributed by atoms with E-state index >= 15 is 0 Å². The maximum atomic E-state index is 12.9. The lowest BCUT2D eigenvalue weighted by molar-refractivity contribution is -0.514. The Bertz CT molecular complexity index is 335. The SMILES string of the molecule is CNC(=O)C1=CC=C(F)C([N+](=O)[O-])C1. The van der Waals surface area contributed by atoms with E-state index in [1.807, 2.05) is 0 Å². The Hall–Kier alpha value is -1.72. The molecule has 0 bridgehead atoms. The summed E-state index contributed by atoms with van der Waals surface area (Å²) in [5.41, 5.74) is 0.218. The number of halogens is 1. The molecule has 0 fully saturated rings. The van der Waals surface area contributed by atoms with Gasteiger partial charge in [-0.05, 0) is 6.08 Å². The van der Waals surface area contributed by atoms with Crippen LogP contribution in [0, 0.1) is 10.1 Å². The normalized spacial score (nSPS) is 20.9. The molecule has 14 heavy (non-hydrogen) atoms. The Morgan fingerprint density at radius 3 is 2.86 bits per heavy atom. The molecule has 1 N–H and O–H groups in total. The zero-order valence-electron chi connectivity index (χ0n) is 7.49. The van der Waals surface area contributed by atoms with Gasteiger partial charge in [-0.25, -0.2) is 4.39 Å². The highest BCUT2D eigenvalue weighted by Crippen LogP contribution is 2.22. The molecule has 0 radical (unpaired) electrons. The van der Waals surface area contributed by atoms with E-state index in [2.05, 4.69) is 5.32 Å². The van der Waals surface area contributed by atoms with Crippen LogP contribution in [-0.4, -0.2) is 23.9 Å². The number of likely N-dealkylation sites (N-methyl/N-ethyl adjacent to an activating group) is 1. The van der Waals surface area contributed by atoms with E-state index in [1.165, 1.54) is 13.1 Å². The Labute approximate surface area is 79.4 Å². The number of hydrogen-bond acceptors (Lipinski definition) is 3. The summed E-state index contributed by atoms with van der Waals surface area (Å²) >= 11 is 0. The molecule has 0 spiro atoms. The fourth-order valence-corrected chi connectivity index (χ4v) is 1.17. The second-order valence-electron chi connectivity index (χ2n) is 2.83. The van der Waals surface area contributed by atoms with E-state index in [9.17, 15) is 19.3 Å². The van der Waals surface area contributed by atoms with Crippen molar-refractivity contribution in [2.75, 3.05) is 7.05 Å². The van der Waals surface area contributed by atoms with Crippen LogP contribution >= 0.6 is 0 Å². The van der Waals surface area contributed by atoms with Crippen molar-refractivity contribution in [3.8, 4) is 0 Å². The molecule has 0 heterocycles. The van der Waals surface area contributed by atoms with Gasteiger partial charge in [0.2, 0.25) is 5.91 Å². The van der Waals surface area contributed by atoms with E-state index in [4.69, 9.17) is 0 Å². The second kappa shape index (κ2) is 3.99. The summed E-state index contributed by atoms with van der Waals surface area (Å²) in [5.74, 6) is -1.23. The summed E-state index contributed by atoms with van der Waals surface area (Å²) in [6, 6.07) is -1.42. The summed E-state index contributed by atoms with van der Waals surface area (Å²) in [6.07, 6.45) is 2.02. The standard InChI is InChI=1S/C8H9FN2O3/c1-10-8(12)5-2-3-6(9)7(4-5)11(13)14/h2-3,7H,4H2,1H3,(H,10,12). The largest absolute Gasteiger partial charge is 0.355 e. The molecular weight excluding hydrogens is 191 g/mol. The van der Waals surface area contributed by atoms with Crippen LogP contribution in [0.1, 0.15) is 6.42 Å². The molecule has 1 unspecified atom stereocenters. The number of amides is 1. The molecule has 0 aliphatic heterocycles. The van der Waals surface area contributed by atoms with Crippen LogP contribution in [0.15, 0.2) is 23.6 Å². The molecule has 0 aromatic heterocycles. The molecule has 0 saturated heterocycles. The molecule has 1 rings (SSSR count). The zero-order valence-corrected chi connectivity index (χ0v) is 7.49. The van der Waals surface area contributed by atoms with Crippen molar-refractivity contribution in [3.63, 3.8) is 0 Å². The fraction of sp³-hybridized carbons (Fsp3) is 0.375. The lowest BCUT2D eigenvalue weighted by Gasteiger charge is -2.12. The maximum absolute atomic E-state index is 12.9. The molecular formula is C8H9FN2O3. The van der Waals surface area contributed by atoms with Crippen LogP contribution in [0.4, 0.5) is 4.39 Å². The Balaban J connectivity index is 2.86. The minimum Gasteiger partial charge on any atom is -0.355 e. The number of nitro groups is 1. The molecule has 5 nitrogen and oxygen atoms in total. The topological polar surface area (TPSA) is 72.2 Å². The van der Waals surface area contributed by atoms with Crippen molar-refractivity contribution < 1.29 is 14.1 Å². The van der Waals surface area contributed by atoms with Gasteiger partial charge in [0, 0.05) is 17.5 Å². The fourth-order valence-electron chi connectivity index (χ4n) is 1.17. The molecule has 1 aliphatic carbocycles. The summed E-state index contributed by atoms with van der Waals surface area (Å²) in [6.45, 7) is 0. The summed E-state index contributed by atoms with van der Waals surface area (Å²) in [5, 5.41) is 12.7. The zero-order chi connectivity index (χ0) is 10.7. The van der Waals surface area contributed by atoms with Crippen molar-refractivity contribution in [1.29, 1.82) is 0 Å². The maximum Gasteiger partial charge on any atom is 0.267 e. The minimum atomic E-state index is -1.42. The Morgan fingerprint density at radius 1 is 1.71 bits per heavy atom. The second-order valence-corrected chi connectivity index (χ2v) is 2.83. The van der Waals surface area contributed by atoms with Crippen LogP contribution < -0.4 is 5.32 Å². The van der Waals surface area contributed by atoms with Crippen LogP contribution in [0.25, 0.3) is 0 Å². The van der Waals surface area contributed by atoms with Crippen LogP contribution in [0.2, 0.25) is 0 Å². The Morgan fingerprint density at radius 2 is 2.36 bits per heavy atom. The smallest absolute Gasteiger partial charge is 0.267 e. The third kappa shape index (κ3) is 1.95. The molecule has 1 atom stereocenters. The van der Waals surface area contributed by atoms with Gasteiger partial charge in [-0.2, -0.15) is 0 Å². The van der Waals surface area contributed by atoms with Crippen LogP contribution in [0.5, 0.6) is 0 Å². The van der Waals surface area contributed by atoms with Gasteiger partial charge < -0.3 is 5.32 Å². The number of carbonyl (C=O) groups is 1. The van der Waals surface area contributed by atoms with Gasteiger partial charge in [0.15, 0.2) is 5.83 Å². The number of rotatable bonds is 2. The first kappa shape index (κ1) is 10.4. The quantitative estimate of drug-likeness (QED) is 0.523. The van der Waals surface area contributed by atoms with Crippen molar-refractivity contribution >= 4 is 5.91 Å². The molecule has 0 aromatic carbocycles. The van der Waals surface area contributed by atoms with Gasteiger partial charge in [0.25, 0.3) is 6.04 Å². The van der Waals surface area contributed by atoms with Gasteiger partial charge in [-0.15, -0.1) is 0 Å². The van der Waals surface area contributed by atoms with E-state index in [-0.39, 0.29) is 12.0 Å². The van der Waals surface area contributed by atoms with E-state index in [0.717, 1.165) is 6.08 Å². The summed E-state index contributed by atoms with van der Waals surface area (Å²) < 4.78 is 12.9. The van der Waals surface area contributed by atoms with Crippen molar-refractivity contribution in [2.24, 2.45) is 0 Å². The van der Waals surface area contributed by atoms with E-state index < -0.39 is 22.7 Å². The van der Waals surface area contributed by atoms with Gasteiger partial charge in [0.05, 0.1) is 6.42 Å². The van der Waals surface area contributed by atoms with Crippen molar-refractivity contribution in [3.05, 3.63) is 33.7 Å². The number of hydrogen-bond donors (Lipinski definition) is 1. The first-order valence-corrected chi connectivity index (χ1v) is 3.98. The van der Waals surface area contributed by atoms with E-state index in [0.29, 0.717) is 0 Å². The third-order valence-corrected chi connectivity index (χ3v) is 1.95. The number of nitrogens with zero attached hydrogens (tertiary/aromatic N) is 1. The molecule has 6 heteroatoms. The van der Waals surface area contributed by atoms with Gasteiger partial charge in [0.1, 0.15) is 0 Å². The average molecular weight is 200 g/mol. The number of nitrogens with one attached hydrogen (secondary N) is 1. The highest BCUT2D eigenvalue weighted by molar-refractivity contribution is 5.93. The first-order chi connectivity index (χ1) is 6.56. The van der Waals surface area contributed by atoms with Crippen LogP contribution in [-0.2, 0) is 4.79 Å². The summed E-state index contributed by atoms with van der Waals surface area (Å²) in [7, 11) is 1.42. The predicted octanol–water partition coefficient (Wildman–Crippen LogP) is 0.561. The highest BCUT2D eigenvalue weighted by atomic mass is 19.1. The molecule has 0 saturated carbocycles. The molecule has 0 aromatic rings. The monoisotopic (exact) mass is 200 g/mol. The van der Waals surface area contributed by atoms with Gasteiger partial charge in [-0.1, -0.05) is 6.08 Å². The van der Waals surface area contributed by atoms with Crippen molar-refractivity contribution in [1.82, 2.24) is 5.32 Å². The van der Waals surface area contributed by atoms with Crippen molar-refractivity contribution in [2.45, 2.75) is 12.5 Å². The minimum absolute atomic E-state index is 0.199. The summed E-state index contributed by atoms with van der Waals surface area (Å²) in [4.78, 5) is 20.7. The predicted molar refractivity (Wildman–Crippen MR) is 46.7 cm³/mol. The lowest BCUT2D eigenvalue weighted by Crippen LogP contribution is -2.28. The molecule has 1 aliphatic rings. The molecule has 1 amide bonds. The van der Waals surface area contributed by atoms with Gasteiger partial charge in [-0.3, -0.25) is 14.9 Å².